The first kappa shape index (κ1) is 20.1. The van der Waals surface area contributed by atoms with Crippen molar-refractivity contribution in [3.8, 4) is 0 Å². The largest absolute Gasteiger partial charge is 0.453 e. The standard InChI is InChI=1S/C22H22ClNO4/c1-14-13-17-5-3-4-6-19(17)24(14)22(27)15(2)28-21(26)12-11-20(25)16-7-9-18(23)10-8-16/h3-10,14-15H,11-13H2,1-2H3/t14-,15-/m0/s1. The van der Waals surface area contributed by atoms with Crippen LogP contribution in [0.15, 0.2) is 48.5 Å². The van der Waals surface area contributed by atoms with Gasteiger partial charge in [0.1, 0.15) is 0 Å². The van der Waals surface area contributed by atoms with E-state index in [9.17, 15) is 14.4 Å². The first-order valence-electron chi connectivity index (χ1n) is 9.26. The molecule has 0 saturated heterocycles. The molecule has 28 heavy (non-hydrogen) atoms. The minimum Gasteiger partial charge on any atom is -0.453 e. The number of Topliss-reactive ketones (excluding diaryl/α,β-unsaturated/α-hetero) is 1. The zero-order valence-corrected chi connectivity index (χ0v) is 16.6. The third-order valence-electron chi connectivity index (χ3n) is 4.82. The van der Waals surface area contributed by atoms with Crippen LogP contribution in [0, 0.1) is 0 Å². The Hall–Kier alpha value is -2.66. The van der Waals surface area contributed by atoms with Gasteiger partial charge in [-0.3, -0.25) is 14.4 Å². The van der Waals surface area contributed by atoms with E-state index in [1.165, 1.54) is 0 Å². The van der Waals surface area contributed by atoms with Crippen LogP contribution in [-0.4, -0.2) is 29.8 Å². The summed E-state index contributed by atoms with van der Waals surface area (Å²) in [5, 5.41) is 0.543. The Morgan fingerprint density at radius 1 is 1.11 bits per heavy atom. The molecule has 1 heterocycles. The normalized spacial score (nSPS) is 16.4. The van der Waals surface area contributed by atoms with Crippen molar-refractivity contribution in [1.82, 2.24) is 0 Å². The van der Waals surface area contributed by atoms with E-state index in [-0.39, 0.29) is 30.6 Å². The van der Waals surface area contributed by atoms with Crippen molar-refractivity contribution in [2.45, 2.75) is 45.3 Å². The Kier molecular flexibility index (Phi) is 6.15. The van der Waals surface area contributed by atoms with Crippen molar-refractivity contribution in [3.05, 3.63) is 64.7 Å². The number of halogens is 1. The van der Waals surface area contributed by atoms with Gasteiger partial charge in [0.2, 0.25) is 0 Å². The molecular formula is C22H22ClNO4. The fourth-order valence-electron chi connectivity index (χ4n) is 3.40. The molecule has 3 rings (SSSR count). The third-order valence-corrected chi connectivity index (χ3v) is 5.08. The van der Waals surface area contributed by atoms with Gasteiger partial charge < -0.3 is 9.64 Å². The highest BCUT2D eigenvalue weighted by atomic mass is 35.5. The topological polar surface area (TPSA) is 63.7 Å². The number of para-hydroxylation sites is 1. The molecule has 0 spiro atoms. The number of anilines is 1. The Morgan fingerprint density at radius 2 is 1.79 bits per heavy atom. The zero-order valence-electron chi connectivity index (χ0n) is 15.9. The zero-order chi connectivity index (χ0) is 20.3. The van der Waals surface area contributed by atoms with Gasteiger partial charge in [-0.15, -0.1) is 0 Å². The molecule has 0 aromatic heterocycles. The lowest BCUT2D eigenvalue weighted by atomic mass is 10.1. The number of carbonyl (C=O) groups excluding carboxylic acids is 3. The Labute approximate surface area is 169 Å². The van der Waals surface area contributed by atoms with Crippen LogP contribution < -0.4 is 4.90 Å². The average Bonchev–Trinajstić information content (AvgIpc) is 3.01. The van der Waals surface area contributed by atoms with Crippen molar-refractivity contribution < 1.29 is 19.1 Å². The second kappa shape index (κ2) is 8.57. The van der Waals surface area contributed by atoms with Crippen molar-refractivity contribution in [2.24, 2.45) is 0 Å². The van der Waals surface area contributed by atoms with E-state index in [1.54, 1.807) is 36.1 Å². The maximum absolute atomic E-state index is 12.8. The van der Waals surface area contributed by atoms with Crippen molar-refractivity contribution in [1.29, 1.82) is 0 Å². The quantitative estimate of drug-likeness (QED) is 0.539. The van der Waals surface area contributed by atoms with Gasteiger partial charge in [-0.05, 0) is 56.2 Å². The van der Waals surface area contributed by atoms with E-state index < -0.39 is 12.1 Å². The summed E-state index contributed by atoms with van der Waals surface area (Å²) in [6.45, 7) is 3.53. The number of amides is 1. The molecule has 0 bridgehead atoms. The van der Waals surface area contributed by atoms with Crippen LogP contribution in [0.5, 0.6) is 0 Å². The number of fused-ring (bicyclic) bond motifs is 1. The highest BCUT2D eigenvalue weighted by molar-refractivity contribution is 6.30. The van der Waals surface area contributed by atoms with Crippen LogP contribution in [0.1, 0.15) is 42.6 Å². The molecule has 6 heteroatoms. The van der Waals surface area contributed by atoms with Crippen molar-refractivity contribution in [2.75, 3.05) is 4.90 Å². The van der Waals surface area contributed by atoms with Crippen molar-refractivity contribution in [3.63, 3.8) is 0 Å². The summed E-state index contributed by atoms with van der Waals surface area (Å²) in [6, 6.07) is 14.2. The number of carbonyl (C=O) groups is 3. The molecule has 0 aliphatic carbocycles. The smallest absolute Gasteiger partial charge is 0.307 e. The molecule has 0 saturated carbocycles. The highest BCUT2D eigenvalue weighted by Gasteiger charge is 2.34. The van der Waals surface area contributed by atoms with E-state index in [4.69, 9.17) is 16.3 Å². The molecule has 0 N–H and O–H groups in total. The average molecular weight is 400 g/mol. The molecule has 2 aromatic carbocycles. The molecular weight excluding hydrogens is 378 g/mol. The highest BCUT2D eigenvalue weighted by Crippen LogP contribution is 2.32. The van der Waals surface area contributed by atoms with Gasteiger partial charge in [0.15, 0.2) is 11.9 Å². The molecule has 1 amide bonds. The van der Waals surface area contributed by atoms with E-state index in [0.717, 1.165) is 17.7 Å². The van der Waals surface area contributed by atoms with Crippen LogP contribution in [0.25, 0.3) is 0 Å². The fraction of sp³-hybridized carbons (Fsp3) is 0.318. The number of ether oxygens (including phenoxy) is 1. The van der Waals surface area contributed by atoms with Gasteiger partial charge >= 0.3 is 5.97 Å². The first-order chi connectivity index (χ1) is 13.4. The van der Waals surface area contributed by atoms with E-state index >= 15 is 0 Å². The summed E-state index contributed by atoms with van der Waals surface area (Å²) in [5.74, 6) is -0.993. The van der Waals surface area contributed by atoms with E-state index in [2.05, 4.69) is 0 Å². The second-order valence-corrected chi connectivity index (χ2v) is 7.39. The minimum atomic E-state index is -0.910. The first-order valence-corrected chi connectivity index (χ1v) is 9.64. The lowest BCUT2D eigenvalue weighted by Crippen LogP contribution is -2.43. The molecule has 0 unspecified atom stereocenters. The van der Waals surface area contributed by atoms with Gasteiger partial charge in [-0.2, -0.15) is 0 Å². The minimum absolute atomic E-state index is 0.0116. The van der Waals surface area contributed by atoms with Crippen LogP contribution in [0.3, 0.4) is 0 Å². The molecule has 0 radical (unpaired) electrons. The monoisotopic (exact) mass is 399 g/mol. The van der Waals surface area contributed by atoms with Crippen LogP contribution in [-0.2, 0) is 20.7 Å². The summed E-state index contributed by atoms with van der Waals surface area (Å²) < 4.78 is 5.29. The van der Waals surface area contributed by atoms with E-state index in [0.29, 0.717) is 10.6 Å². The number of nitrogens with zero attached hydrogens (tertiary/aromatic N) is 1. The molecule has 2 aromatic rings. The molecule has 2 atom stereocenters. The lowest BCUT2D eigenvalue weighted by Gasteiger charge is -2.25. The number of hydrogen-bond acceptors (Lipinski definition) is 4. The predicted molar refractivity (Wildman–Crippen MR) is 108 cm³/mol. The molecule has 0 fully saturated rings. The van der Waals surface area contributed by atoms with Gasteiger partial charge in [0, 0.05) is 28.7 Å². The van der Waals surface area contributed by atoms with Gasteiger partial charge in [-0.1, -0.05) is 29.8 Å². The Bertz CT molecular complexity index is 894. The SMILES string of the molecule is C[C@H](OC(=O)CCC(=O)c1ccc(Cl)cc1)C(=O)N1c2ccccc2C[C@@H]1C. The van der Waals surface area contributed by atoms with Crippen molar-refractivity contribution >= 4 is 34.9 Å². The summed E-state index contributed by atoms with van der Waals surface area (Å²) in [7, 11) is 0. The van der Waals surface area contributed by atoms with Crippen LogP contribution >= 0.6 is 11.6 Å². The number of rotatable bonds is 6. The van der Waals surface area contributed by atoms with E-state index in [1.807, 2.05) is 31.2 Å². The van der Waals surface area contributed by atoms with Gasteiger partial charge in [0.05, 0.1) is 6.42 Å². The number of ketones is 1. The fourth-order valence-corrected chi connectivity index (χ4v) is 3.53. The van der Waals surface area contributed by atoms with Crippen LogP contribution in [0.2, 0.25) is 5.02 Å². The predicted octanol–water partition coefficient (Wildman–Crippen LogP) is 4.21. The maximum atomic E-state index is 12.8. The summed E-state index contributed by atoms with van der Waals surface area (Å²) >= 11 is 5.81. The number of benzene rings is 2. The maximum Gasteiger partial charge on any atom is 0.307 e. The summed E-state index contributed by atoms with van der Waals surface area (Å²) in [4.78, 5) is 38.8. The third kappa shape index (κ3) is 4.42. The molecule has 1 aliphatic rings. The van der Waals surface area contributed by atoms with Gasteiger partial charge in [-0.25, -0.2) is 0 Å². The second-order valence-electron chi connectivity index (χ2n) is 6.95. The Balaban J connectivity index is 1.55. The molecule has 1 aliphatic heterocycles. The number of hydrogen-bond donors (Lipinski definition) is 0. The molecule has 146 valence electrons. The Morgan fingerprint density at radius 3 is 2.50 bits per heavy atom. The molecule has 5 nitrogen and oxygen atoms in total. The lowest BCUT2D eigenvalue weighted by molar-refractivity contribution is -0.153. The summed E-state index contributed by atoms with van der Waals surface area (Å²) in [6.07, 6.45) is -0.194. The number of esters is 1. The van der Waals surface area contributed by atoms with Crippen LogP contribution in [0.4, 0.5) is 5.69 Å². The van der Waals surface area contributed by atoms with Gasteiger partial charge in [0.25, 0.3) is 5.91 Å². The summed E-state index contributed by atoms with van der Waals surface area (Å²) in [5.41, 5.74) is 2.46.